The summed E-state index contributed by atoms with van der Waals surface area (Å²) in [6.45, 7) is 2.17. The first kappa shape index (κ1) is 16.5. The molecule has 2 N–H and O–H groups in total. The number of hydrogen-bond donors (Lipinski definition) is 2. The molecule has 0 radical (unpaired) electrons. The molecule has 4 aliphatic rings. The van der Waals surface area contributed by atoms with E-state index in [1.165, 1.54) is 38.5 Å². The van der Waals surface area contributed by atoms with Gasteiger partial charge in [-0.25, -0.2) is 4.79 Å². The smallest absolute Gasteiger partial charge is 0.319 e. The maximum absolute atomic E-state index is 12.5. The van der Waals surface area contributed by atoms with Crippen LogP contribution < -0.4 is 10.6 Å². The summed E-state index contributed by atoms with van der Waals surface area (Å²) in [5, 5.41) is 7.08. The molecule has 0 saturated heterocycles. The van der Waals surface area contributed by atoms with Gasteiger partial charge in [0, 0.05) is 11.1 Å². The molecule has 130 valence electrons. The molecule has 4 bridgehead atoms. The summed E-state index contributed by atoms with van der Waals surface area (Å²) in [7, 11) is 0. The van der Waals surface area contributed by atoms with Gasteiger partial charge in [-0.1, -0.05) is 23.2 Å². The predicted molar refractivity (Wildman–Crippen MR) is 98.7 cm³/mol. The number of hydrogen-bond acceptors (Lipinski definition) is 1. The highest BCUT2D eigenvalue weighted by molar-refractivity contribution is 6.35. The van der Waals surface area contributed by atoms with Gasteiger partial charge in [-0.2, -0.15) is 0 Å². The van der Waals surface area contributed by atoms with E-state index in [0.29, 0.717) is 21.1 Å². The first-order chi connectivity index (χ1) is 11.4. The van der Waals surface area contributed by atoms with E-state index in [1.807, 2.05) is 0 Å². The average Bonchev–Trinajstić information content (AvgIpc) is 2.49. The fourth-order valence-corrected chi connectivity index (χ4v) is 6.15. The van der Waals surface area contributed by atoms with Gasteiger partial charge in [0.15, 0.2) is 0 Å². The van der Waals surface area contributed by atoms with E-state index < -0.39 is 0 Å². The largest absolute Gasteiger partial charge is 0.335 e. The number of amides is 2. The van der Waals surface area contributed by atoms with Gasteiger partial charge in [0.05, 0.1) is 10.7 Å². The monoisotopic (exact) mass is 366 g/mol. The van der Waals surface area contributed by atoms with E-state index >= 15 is 0 Å². The zero-order chi connectivity index (χ0) is 16.9. The SMILES string of the molecule is CC(NC(=O)Nc1cc(Cl)ccc1Cl)C12CC3CC(CC(C3)C1)C2. The third kappa shape index (κ3) is 3.01. The molecule has 3 nitrogen and oxygen atoms in total. The Bertz CT molecular complexity index is 625. The number of nitrogens with one attached hydrogen (secondary N) is 2. The average molecular weight is 367 g/mol. The van der Waals surface area contributed by atoms with Crippen LogP contribution in [-0.4, -0.2) is 12.1 Å². The molecule has 0 heterocycles. The van der Waals surface area contributed by atoms with Crippen molar-refractivity contribution in [3.05, 3.63) is 28.2 Å². The molecule has 0 aromatic heterocycles. The maximum atomic E-state index is 12.5. The first-order valence-electron chi connectivity index (χ1n) is 8.96. The fourth-order valence-electron chi connectivity index (χ4n) is 5.81. The minimum absolute atomic E-state index is 0.184. The lowest BCUT2D eigenvalue weighted by molar-refractivity contribution is -0.0679. The standard InChI is InChI=1S/C19H24Cl2N2O/c1-11(19-8-12-4-13(9-19)6-14(5-12)10-19)22-18(24)23-17-7-15(20)2-3-16(17)21/h2-3,7,11-14H,4-6,8-10H2,1H3,(H2,22,23,24). The van der Waals surface area contributed by atoms with Crippen molar-refractivity contribution in [1.29, 1.82) is 0 Å². The molecule has 0 spiro atoms. The van der Waals surface area contributed by atoms with Crippen LogP contribution in [0.2, 0.25) is 10.0 Å². The number of halogens is 2. The summed E-state index contributed by atoms with van der Waals surface area (Å²) in [5.41, 5.74) is 0.851. The van der Waals surface area contributed by atoms with Crippen LogP contribution in [-0.2, 0) is 0 Å². The molecule has 1 aromatic rings. The zero-order valence-electron chi connectivity index (χ0n) is 13.9. The van der Waals surface area contributed by atoms with Gasteiger partial charge in [-0.05, 0) is 86.8 Å². The van der Waals surface area contributed by atoms with Gasteiger partial charge in [-0.3, -0.25) is 0 Å². The number of urea groups is 1. The Morgan fingerprint density at radius 3 is 2.29 bits per heavy atom. The first-order valence-corrected chi connectivity index (χ1v) is 9.72. The van der Waals surface area contributed by atoms with Crippen LogP contribution in [0.15, 0.2) is 18.2 Å². The van der Waals surface area contributed by atoms with E-state index in [0.717, 1.165) is 17.8 Å². The lowest BCUT2D eigenvalue weighted by atomic mass is 9.48. The molecular formula is C19H24Cl2N2O. The Labute approximate surface area is 153 Å². The number of anilines is 1. The molecule has 1 aromatic carbocycles. The minimum atomic E-state index is -0.192. The fraction of sp³-hybridized carbons (Fsp3) is 0.632. The highest BCUT2D eigenvalue weighted by Gasteiger charge is 2.53. The van der Waals surface area contributed by atoms with Crippen molar-refractivity contribution in [2.75, 3.05) is 5.32 Å². The summed E-state index contributed by atoms with van der Waals surface area (Å²) in [6, 6.07) is 5.08. The topological polar surface area (TPSA) is 41.1 Å². The van der Waals surface area contributed by atoms with Crippen molar-refractivity contribution in [3.63, 3.8) is 0 Å². The Balaban J connectivity index is 1.43. The quantitative estimate of drug-likeness (QED) is 0.705. The molecule has 1 unspecified atom stereocenters. The highest BCUT2D eigenvalue weighted by atomic mass is 35.5. The van der Waals surface area contributed by atoms with Crippen molar-refractivity contribution in [3.8, 4) is 0 Å². The molecule has 5 heteroatoms. The van der Waals surface area contributed by atoms with E-state index in [4.69, 9.17) is 23.2 Å². The summed E-state index contributed by atoms with van der Waals surface area (Å²) < 4.78 is 0. The van der Waals surface area contributed by atoms with E-state index in [9.17, 15) is 4.79 Å². The molecule has 0 aliphatic heterocycles. The van der Waals surface area contributed by atoms with Gasteiger partial charge in [-0.15, -0.1) is 0 Å². The van der Waals surface area contributed by atoms with Crippen molar-refractivity contribution in [1.82, 2.24) is 5.32 Å². The van der Waals surface area contributed by atoms with Crippen molar-refractivity contribution in [2.45, 2.75) is 51.5 Å². The molecule has 2 amide bonds. The Kier molecular flexibility index (Phi) is 4.20. The molecule has 24 heavy (non-hydrogen) atoms. The lowest BCUT2D eigenvalue weighted by Gasteiger charge is -2.59. The van der Waals surface area contributed by atoms with E-state index in [1.54, 1.807) is 18.2 Å². The van der Waals surface area contributed by atoms with Gasteiger partial charge in [0.25, 0.3) is 0 Å². The van der Waals surface area contributed by atoms with Crippen LogP contribution in [0.1, 0.15) is 45.4 Å². The van der Waals surface area contributed by atoms with Gasteiger partial charge in [0.1, 0.15) is 0 Å². The van der Waals surface area contributed by atoms with Gasteiger partial charge in [0.2, 0.25) is 0 Å². The van der Waals surface area contributed by atoms with Crippen LogP contribution in [0.3, 0.4) is 0 Å². The number of rotatable bonds is 3. The van der Waals surface area contributed by atoms with Crippen LogP contribution in [0, 0.1) is 23.2 Å². The predicted octanol–water partition coefficient (Wildman–Crippen LogP) is 5.72. The second kappa shape index (κ2) is 6.10. The second-order valence-electron chi connectivity index (χ2n) is 8.22. The lowest BCUT2D eigenvalue weighted by Crippen LogP contribution is -2.56. The molecule has 4 saturated carbocycles. The summed E-state index contributed by atoms with van der Waals surface area (Å²) in [5.74, 6) is 2.64. The Morgan fingerprint density at radius 2 is 1.71 bits per heavy atom. The molecular weight excluding hydrogens is 343 g/mol. The summed E-state index contributed by atoms with van der Waals surface area (Å²) in [4.78, 5) is 12.5. The molecule has 4 aliphatic carbocycles. The molecule has 1 atom stereocenters. The van der Waals surface area contributed by atoms with Crippen molar-refractivity contribution < 1.29 is 4.79 Å². The highest BCUT2D eigenvalue weighted by Crippen LogP contribution is 2.61. The molecule has 5 rings (SSSR count). The normalized spacial score (nSPS) is 34.9. The van der Waals surface area contributed by atoms with Gasteiger partial charge >= 0.3 is 6.03 Å². The second-order valence-corrected chi connectivity index (χ2v) is 9.07. The number of carbonyl (C=O) groups excluding carboxylic acids is 1. The van der Waals surface area contributed by atoms with E-state index in [-0.39, 0.29) is 12.1 Å². The van der Waals surface area contributed by atoms with Crippen LogP contribution >= 0.6 is 23.2 Å². The zero-order valence-corrected chi connectivity index (χ0v) is 15.5. The van der Waals surface area contributed by atoms with Crippen LogP contribution in [0.25, 0.3) is 0 Å². The summed E-state index contributed by atoms with van der Waals surface area (Å²) >= 11 is 12.1. The van der Waals surface area contributed by atoms with Crippen LogP contribution in [0.5, 0.6) is 0 Å². The third-order valence-corrected chi connectivity index (χ3v) is 7.09. The molecule has 4 fully saturated rings. The number of carbonyl (C=O) groups is 1. The van der Waals surface area contributed by atoms with Crippen molar-refractivity contribution >= 4 is 34.9 Å². The Morgan fingerprint density at radius 1 is 1.12 bits per heavy atom. The summed E-state index contributed by atoms with van der Waals surface area (Å²) in [6.07, 6.45) is 8.07. The maximum Gasteiger partial charge on any atom is 0.319 e. The van der Waals surface area contributed by atoms with Crippen molar-refractivity contribution in [2.24, 2.45) is 23.2 Å². The van der Waals surface area contributed by atoms with Gasteiger partial charge < -0.3 is 10.6 Å². The van der Waals surface area contributed by atoms with E-state index in [2.05, 4.69) is 17.6 Å². The third-order valence-electron chi connectivity index (χ3n) is 6.53. The number of benzene rings is 1. The van der Waals surface area contributed by atoms with Crippen LogP contribution in [0.4, 0.5) is 10.5 Å². The Hall–Kier alpha value is -0.930. The minimum Gasteiger partial charge on any atom is -0.335 e.